The first kappa shape index (κ1) is 18.8. The zero-order valence-electron chi connectivity index (χ0n) is 16.1. The fourth-order valence-corrected chi connectivity index (χ4v) is 4.50. The average molecular weight is 384 g/mol. The fourth-order valence-electron chi connectivity index (χ4n) is 4.50. The smallest absolute Gasteiger partial charge is 0.250 e. The number of hydrogen-bond acceptors (Lipinski definition) is 4. The van der Waals surface area contributed by atoms with Crippen LogP contribution in [0.3, 0.4) is 0 Å². The quantitative estimate of drug-likeness (QED) is 0.743. The Morgan fingerprint density at radius 3 is 2.46 bits per heavy atom. The van der Waals surface area contributed by atoms with E-state index in [1.54, 1.807) is 4.90 Å². The fraction of sp³-hybridized carbons (Fsp3) is 0.571. The first-order valence-electron chi connectivity index (χ1n) is 10.3. The van der Waals surface area contributed by atoms with Crippen molar-refractivity contribution in [2.45, 2.75) is 62.9 Å². The summed E-state index contributed by atoms with van der Waals surface area (Å²) in [6.45, 7) is 1.04. The zero-order chi connectivity index (χ0) is 19.6. The van der Waals surface area contributed by atoms with Crippen LogP contribution in [0.2, 0.25) is 0 Å². The first-order chi connectivity index (χ1) is 13.6. The number of rotatable bonds is 4. The highest BCUT2D eigenvalue weighted by atomic mass is 16.2. The Morgan fingerprint density at radius 2 is 1.75 bits per heavy atom. The number of para-hydroxylation sites is 2. The summed E-state index contributed by atoms with van der Waals surface area (Å²) in [5.74, 6) is -0.0686. The van der Waals surface area contributed by atoms with Crippen molar-refractivity contribution in [3.8, 4) is 0 Å². The van der Waals surface area contributed by atoms with E-state index in [0.29, 0.717) is 25.9 Å². The van der Waals surface area contributed by atoms with Crippen LogP contribution in [-0.4, -0.2) is 47.3 Å². The minimum atomic E-state index is -0.662. The molecule has 3 aliphatic rings. The SMILES string of the molecule is O=C(CCC(=O)N1CCC2(CC1)Nc1ccccc1NC2=O)NC1CCCC1. The van der Waals surface area contributed by atoms with E-state index in [2.05, 4.69) is 16.0 Å². The van der Waals surface area contributed by atoms with Crippen LogP contribution in [0.5, 0.6) is 0 Å². The lowest BCUT2D eigenvalue weighted by molar-refractivity contribution is -0.136. The molecule has 1 aromatic carbocycles. The highest BCUT2D eigenvalue weighted by molar-refractivity contribution is 6.06. The van der Waals surface area contributed by atoms with Gasteiger partial charge in [-0.2, -0.15) is 0 Å². The molecular weight excluding hydrogens is 356 g/mol. The number of nitrogens with zero attached hydrogens (tertiary/aromatic N) is 1. The van der Waals surface area contributed by atoms with Gasteiger partial charge >= 0.3 is 0 Å². The molecule has 3 N–H and O–H groups in total. The molecule has 1 saturated carbocycles. The molecule has 3 amide bonds. The van der Waals surface area contributed by atoms with Crippen molar-refractivity contribution in [2.75, 3.05) is 23.7 Å². The third-order valence-corrected chi connectivity index (χ3v) is 6.24. The number of amides is 3. The summed E-state index contributed by atoms with van der Waals surface area (Å²) in [5, 5.41) is 9.41. The van der Waals surface area contributed by atoms with Crippen molar-refractivity contribution in [3.63, 3.8) is 0 Å². The van der Waals surface area contributed by atoms with Crippen molar-refractivity contribution in [2.24, 2.45) is 0 Å². The van der Waals surface area contributed by atoms with Crippen molar-refractivity contribution in [1.82, 2.24) is 10.2 Å². The monoisotopic (exact) mass is 384 g/mol. The zero-order valence-corrected chi connectivity index (χ0v) is 16.1. The van der Waals surface area contributed by atoms with E-state index in [1.165, 1.54) is 12.8 Å². The van der Waals surface area contributed by atoms with E-state index in [9.17, 15) is 14.4 Å². The van der Waals surface area contributed by atoms with Crippen LogP contribution in [0.15, 0.2) is 24.3 Å². The summed E-state index contributed by atoms with van der Waals surface area (Å²) in [5.41, 5.74) is 1.06. The van der Waals surface area contributed by atoms with E-state index < -0.39 is 5.54 Å². The van der Waals surface area contributed by atoms with Crippen LogP contribution >= 0.6 is 0 Å². The number of anilines is 2. The molecular formula is C21H28N4O3. The molecule has 0 unspecified atom stereocenters. The van der Waals surface area contributed by atoms with Gasteiger partial charge in [0.15, 0.2) is 0 Å². The Balaban J connectivity index is 1.27. The molecule has 1 aromatic rings. The molecule has 0 bridgehead atoms. The number of carbonyl (C=O) groups is 3. The Bertz CT molecular complexity index is 765. The second-order valence-corrected chi connectivity index (χ2v) is 8.14. The highest BCUT2D eigenvalue weighted by Crippen LogP contribution is 2.36. The normalized spacial score (nSPS) is 21.0. The second-order valence-electron chi connectivity index (χ2n) is 8.14. The summed E-state index contributed by atoms with van der Waals surface area (Å²) in [7, 11) is 0. The maximum Gasteiger partial charge on any atom is 0.250 e. The van der Waals surface area contributed by atoms with Gasteiger partial charge < -0.3 is 20.9 Å². The molecule has 0 atom stereocenters. The van der Waals surface area contributed by atoms with E-state index in [1.807, 2.05) is 24.3 Å². The Kier molecular flexibility index (Phi) is 5.24. The number of hydrogen-bond donors (Lipinski definition) is 3. The van der Waals surface area contributed by atoms with Crippen molar-refractivity contribution < 1.29 is 14.4 Å². The van der Waals surface area contributed by atoms with Crippen molar-refractivity contribution >= 4 is 29.1 Å². The van der Waals surface area contributed by atoms with Gasteiger partial charge in [0, 0.05) is 32.0 Å². The molecule has 7 nitrogen and oxygen atoms in total. The largest absolute Gasteiger partial charge is 0.369 e. The molecule has 0 radical (unpaired) electrons. The summed E-state index contributed by atoms with van der Waals surface area (Å²) < 4.78 is 0. The van der Waals surface area contributed by atoms with E-state index >= 15 is 0 Å². The first-order valence-corrected chi connectivity index (χ1v) is 10.3. The third kappa shape index (κ3) is 3.84. The van der Waals surface area contributed by atoms with Gasteiger partial charge in [0.1, 0.15) is 5.54 Å². The van der Waals surface area contributed by atoms with Crippen LogP contribution < -0.4 is 16.0 Å². The number of likely N-dealkylation sites (tertiary alicyclic amines) is 1. The van der Waals surface area contributed by atoms with E-state index in [4.69, 9.17) is 0 Å². The number of piperidine rings is 1. The Morgan fingerprint density at radius 1 is 1.07 bits per heavy atom. The lowest BCUT2D eigenvalue weighted by Gasteiger charge is -2.44. The molecule has 2 fully saturated rings. The summed E-state index contributed by atoms with van der Waals surface area (Å²) in [6, 6.07) is 7.95. The lowest BCUT2D eigenvalue weighted by atomic mass is 9.84. The van der Waals surface area contributed by atoms with Crippen LogP contribution in [0, 0.1) is 0 Å². The molecule has 1 spiro atoms. The number of fused-ring (bicyclic) bond motifs is 1. The highest BCUT2D eigenvalue weighted by Gasteiger charge is 2.44. The van der Waals surface area contributed by atoms with Crippen LogP contribution in [-0.2, 0) is 14.4 Å². The third-order valence-electron chi connectivity index (χ3n) is 6.24. The molecule has 2 aliphatic heterocycles. The Hall–Kier alpha value is -2.57. The number of nitrogens with one attached hydrogen (secondary N) is 3. The van der Waals surface area contributed by atoms with Gasteiger partial charge in [-0.15, -0.1) is 0 Å². The molecule has 28 heavy (non-hydrogen) atoms. The molecule has 2 heterocycles. The van der Waals surface area contributed by atoms with E-state index in [0.717, 1.165) is 24.2 Å². The second kappa shape index (κ2) is 7.81. The van der Waals surface area contributed by atoms with Gasteiger partial charge in [0.2, 0.25) is 17.7 Å². The Labute approximate surface area is 165 Å². The molecule has 150 valence electrons. The predicted molar refractivity (Wildman–Crippen MR) is 107 cm³/mol. The van der Waals surface area contributed by atoms with Gasteiger partial charge in [-0.05, 0) is 37.8 Å². The molecule has 4 rings (SSSR count). The van der Waals surface area contributed by atoms with Gasteiger partial charge in [-0.25, -0.2) is 0 Å². The number of benzene rings is 1. The van der Waals surface area contributed by atoms with Gasteiger partial charge in [0.05, 0.1) is 11.4 Å². The summed E-state index contributed by atoms with van der Waals surface area (Å²) in [4.78, 5) is 39.0. The van der Waals surface area contributed by atoms with Gasteiger partial charge in [0.25, 0.3) is 0 Å². The summed E-state index contributed by atoms with van der Waals surface area (Å²) in [6.07, 6.45) is 6.03. The molecule has 1 aliphatic carbocycles. The maximum absolute atomic E-state index is 12.7. The number of carbonyl (C=O) groups excluding carboxylic acids is 3. The van der Waals surface area contributed by atoms with Crippen LogP contribution in [0.4, 0.5) is 11.4 Å². The van der Waals surface area contributed by atoms with Crippen LogP contribution in [0.25, 0.3) is 0 Å². The molecule has 1 saturated heterocycles. The minimum absolute atomic E-state index is 0.00644. The molecule has 7 heteroatoms. The standard InChI is InChI=1S/C21H28N4O3/c26-18(22-15-5-1-2-6-15)9-10-19(27)25-13-11-21(12-14-25)20(28)23-16-7-3-4-8-17(16)24-21/h3-4,7-8,15,24H,1-2,5-6,9-14H2,(H,22,26)(H,23,28). The van der Waals surface area contributed by atoms with Crippen molar-refractivity contribution in [1.29, 1.82) is 0 Å². The van der Waals surface area contributed by atoms with Gasteiger partial charge in [-0.3, -0.25) is 14.4 Å². The average Bonchev–Trinajstić information content (AvgIpc) is 3.20. The predicted octanol–water partition coefficient (Wildman–Crippen LogP) is 2.25. The molecule has 0 aromatic heterocycles. The maximum atomic E-state index is 12.7. The van der Waals surface area contributed by atoms with Gasteiger partial charge in [-0.1, -0.05) is 25.0 Å². The minimum Gasteiger partial charge on any atom is -0.369 e. The topological polar surface area (TPSA) is 90.5 Å². The van der Waals surface area contributed by atoms with Crippen LogP contribution in [0.1, 0.15) is 51.4 Å². The van der Waals surface area contributed by atoms with E-state index in [-0.39, 0.29) is 36.6 Å². The summed E-state index contributed by atoms with van der Waals surface area (Å²) >= 11 is 0. The lowest BCUT2D eigenvalue weighted by Crippen LogP contribution is -2.59. The van der Waals surface area contributed by atoms with Crippen molar-refractivity contribution in [3.05, 3.63) is 24.3 Å².